The number of benzene rings is 2. The van der Waals surface area contributed by atoms with Gasteiger partial charge in [-0.15, -0.1) is 0 Å². The summed E-state index contributed by atoms with van der Waals surface area (Å²) in [5.74, 6) is 2.08. The second kappa shape index (κ2) is 6.95. The molecule has 4 heteroatoms. The first-order chi connectivity index (χ1) is 9.88. The van der Waals surface area contributed by atoms with E-state index in [4.69, 9.17) is 10.5 Å². The predicted octanol–water partition coefficient (Wildman–Crippen LogP) is 6.15. The van der Waals surface area contributed by atoms with Crippen LogP contribution in [-0.4, -0.2) is 0 Å². The smallest absolute Gasteiger partial charge is 0.130 e. The number of hydrogen-bond acceptors (Lipinski definition) is 2. The summed E-state index contributed by atoms with van der Waals surface area (Å²) in [5.41, 5.74) is 8.17. The van der Waals surface area contributed by atoms with E-state index in [0.29, 0.717) is 5.92 Å². The van der Waals surface area contributed by atoms with E-state index in [2.05, 4.69) is 51.8 Å². The van der Waals surface area contributed by atoms with Crippen LogP contribution < -0.4 is 10.5 Å². The largest absolute Gasteiger partial charge is 0.457 e. The lowest BCUT2D eigenvalue weighted by Gasteiger charge is -2.15. The fourth-order valence-corrected chi connectivity index (χ4v) is 3.23. The molecule has 0 amide bonds. The molecule has 0 fully saturated rings. The number of halogens is 2. The zero-order chi connectivity index (χ0) is 15.6. The van der Waals surface area contributed by atoms with Crippen LogP contribution in [0.4, 0.5) is 0 Å². The summed E-state index contributed by atoms with van der Waals surface area (Å²) in [6.45, 7) is 6.28. The molecule has 2 N–H and O–H groups in total. The quantitative estimate of drug-likeness (QED) is 0.653. The number of nitrogens with two attached hydrogens (primary N) is 1. The van der Waals surface area contributed by atoms with Gasteiger partial charge in [0.1, 0.15) is 11.5 Å². The van der Waals surface area contributed by atoms with E-state index in [0.717, 1.165) is 26.0 Å². The average molecular weight is 413 g/mol. The Morgan fingerprint density at radius 3 is 2.24 bits per heavy atom. The lowest BCUT2D eigenvalue weighted by atomic mass is 10.0. The van der Waals surface area contributed by atoms with Crippen LogP contribution in [0.2, 0.25) is 0 Å². The van der Waals surface area contributed by atoms with E-state index in [9.17, 15) is 0 Å². The van der Waals surface area contributed by atoms with Crippen molar-refractivity contribution >= 4 is 31.9 Å². The molecule has 2 aromatic rings. The highest BCUT2D eigenvalue weighted by atomic mass is 79.9. The SMILES string of the molecule is CC(C)c1cc(Br)ccc1Oc1ccc([C@@H](C)N)c(Br)c1. The van der Waals surface area contributed by atoms with Crippen LogP contribution in [0.5, 0.6) is 11.5 Å². The highest BCUT2D eigenvalue weighted by molar-refractivity contribution is 9.10. The standard InChI is InChI=1S/C17H19Br2NO/c1-10(2)15-8-12(18)4-7-17(15)21-13-5-6-14(11(3)20)16(19)9-13/h4-11H,20H2,1-3H3/t11-/m1/s1. The van der Waals surface area contributed by atoms with Gasteiger partial charge in [0.2, 0.25) is 0 Å². The summed E-state index contributed by atoms with van der Waals surface area (Å²) >= 11 is 7.06. The van der Waals surface area contributed by atoms with E-state index < -0.39 is 0 Å². The summed E-state index contributed by atoms with van der Waals surface area (Å²) < 4.78 is 8.08. The molecule has 2 rings (SSSR count). The van der Waals surface area contributed by atoms with E-state index in [-0.39, 0.29) is 6.04 Å². The van der Waals surface area contributed by atoms with E-state index in [1.54, 1.807) is 0 Å². The maximum Gasteiger partial charge on any atom is 0.130 e. The molecule has 2 nitrogen and oxygen atoms in total. The molecule has 2 aromatic carbocycles. The maximum absolute atomic E-state index is 6.05. The normalized spacial score (nSPS) is 12.5. The number of rotatable bonds is 4. The molecule has 0 radical (unpaired) electrons. The molecule has 0 aliphatic rings. The van der Waals surface area contributed by atoms with Gasteiger partial charge in [-0.3, -0.25) is 0 Å². The fraction of sp³-hybridized carbons (Fsp3) is 0.294. The van der Waals surface area contributed by atoms with Gasteiger partial charge in [0, 0.05) is 15.0 Å². The van der Waals surface area contributed by atoms with Gasteiger partial charge in [-0.25, -0.2) is 0 Å². The van der Waals surface area contributed by atoms with Crippen molar-refractivity contribution in [3.8, 4) is 11.5 Å². The first-order valence-corrected chi connectivity index (χ1v) is 8.49. The number of ether oxygens (including phenoxy) is 1. The molecule has 0 aliphatic heterocycles. The first-order valence-electron chi connectivity index (χ1n) is 6.91. The summed E-state index contributed by atoms with van der Waals surface area (Å²) in [5, 5.41) is 0. The molecule has 112 valence electrons. The van der Waals surface area contributed by atoms with Crippen molar-refractivity contribution in [2.75, 3.05) is 0 Å². The van der Waals surface area contributed by atoms with Crippen molar-refractivity contribution in [3.63, 3.8) is 0 Å². The Hall–Kier alpha value is -0.840. The minimum absolute atomic E-state index is 0.00710. The van der Waals surface area contributed by atoms with Crippen molar-refractivity contribution in [2.45, 2.75) is 32.7 Å². The molecule has 0 spiro atoms. The van der Waals surface area contributed by atoms with Gasteiger partial charge >= 0.3 is 0 Å². The second-order valence-electron chi connectivity index (χ2n) is 5.41. The van der Waals surface area contributed by atoms with Gasteiger partial charge in [0.25, 0.3) is 0 Å². The highest BCUT2D eigenvalue weighted by Gasteiger charge is 2.11. The van der Waals surface area contributed by atoms with Gasteiger partial charge < -0.3 is 10.5 Å². The molecule has 0 saturated heterocycles. The Bertz CT molecular complexity index is 639. The molecule has 0 heterocycles. The minimum Gasteiger partial charge on any atom is -0.457 e. The third-order valence-corrected chi connectivity index (χ3v) is 4.46. The van der Waals surface area contributed by atoms with Crippen LogP contribution in [0.15, 0.2) is 45.3 Å². The fourth-order valence-electron chi connectivity index (χ4n) is 2.13. The lowest BCUT2D eigenvalue weighted by molar-refractivity contribution is 0.472. The zero-order valence-corrected chi connectivity index (χ0v) is 15.5. The van der Waals surface area contributed by atoms with Crippen LogP contribution in [0.3, 0.4) is 0 Å². The van der Waals surface area contributed by atoms with Crippen LogP contribution in [0, 0.1) is 0 Å². The molecule has 0 bridgehead atoms. The summed E-state index contributed by atoms with van der Waals surface area (Å²) in [7, 11) is 0. The highest BCUT2D eigenvalue weighted by Crippen LogP contribution is 2.34. The Morgan fingerprint density at radius 1 is 0.952 bits per heavy atom. The lowest BCUT2D eigenvalue weighted by Crippen LogP contribution is -2.05. The summed E-state index contributed by atoms with van der Waals surface area (Å²) in [6, 6.07) is 12.0. The molecule has 0 aromatic heterocycles. The Labute approximate surface area is 143 Å². The van der Waals surface area contributed by atoms with E-state index >= 15 is 0 Å². The average Bonchev–Trinajstić information content (AvgIpc) is 2.40. The molecular formula is C17H19Br2NO. The molecule has 0 aliphatic carbocycles. The maximum atomic E-state index is 6.05. The van der Waals surface area contributed by atoms with E-state index in [1.165, 1.54) is 5.56 Å². The minimum atomic E-state index is -0.00710. The molecule has 0 saturated carbocycles. The monoisotopic (exact) mass is 411 g/mol. The van der Waals surface area contributed by atoms with E-state index in [1.807, 2.05) is 37.3 Å². The van der Waals surface area contributed by atoms with Crippen LogP contribution in [-0.2, 0) is 0 Å². The van der Waals surface area contributed by atoms with Gasteiger partial charge in [-0.2, -0.15) is 0 Å². The van der Waals surface area contributed by atoms with Gasteiger partial charge in [0.15, 0.2) is 0 Å². The van der Waals surface area contributed by atoms with Crippen LogP contribution >= 0.6 is 31.9 Å². The second-order valence-corrected chi connectivity index (χ2v) is 7.18. The summed E-state index contributed by atoms with van der Waals surface area (Å²) in [4.78, 5) is 0. The molecule has 1 atom stereocenters. The first kappa shape index (κ1) is 16.5. The molecule has 21 heavy (non-hydrogen) atoms. The Balaban J connectivity index is 2.32. The topological polar surface area (TPSA) is 35.2 Å². The van der Waals surface area contributed by atoms with Crippen LogP contribution in [0.1, 0.15) is 43.9 Å². The molecular weight excluding hydrogens is 394 g/mol. The third-order valence-electron chi connectivity index (χ3n) is 3.28. The predicted molar refractivity (Wildman–Crippen MR) is 95.0 cm³/mol. The summed E-state index contributed by atoms with van der Waals surface area (Å²) in [6.07, 6.45) is 0. The third kappa shape index (κ3) is 4.09. The van der Waals surface area contributed by atoms with Crippen molar-refractivity contribution in [1.29, 1.82) is 0 Å². The van der Waals surface area contributed by atoms with Crippen molar-refractivity contribution in [3.05, 3.63) is 56.5 Å². The van der Waals surface area contributed by atoms with Crippen molar-refractivity contribution in [1.82, 2.24) is 0 Å². The van der Waals surface area contributed by atoms with Crippen molar-refractivity contribution < 1.29 is 4.74 Å². The van der Waals surface area contributed by atoms with Crippen molar-refractivity contribution in [2.24, 2.45) is 5.73 Å². The van der Waals surface area contributed by atoms with Crippen LogP contribution in [0.25, 0.3) is 0 Å². The van der Waals surface area contributed by atoms with Gasteiger partial charge in [-0.05, 0) is 54.3 Å². The van der Waals surface area contributed by atoms with Gasteiger partial charge in [0.05, 0.1) is 0 Å². The number of hydrogen-bond donors (Lipinski definition) is 1. The molecule has 0 unspecified atom stereocenters. The zero-order valence-electron chi connectivity index (χ0n) is 12.4. The van der Waals surface area contributed by atoms with Gasteiger partial charge in [-0.1, -0.05) is 51.8 Å². The Morgan fingerprint density at radius 2 is 1.67 bits per heavy atom. The Kier molecular flexibility index (Phi) is 5.47.